The molecule has 3 rings (SSSR count). The molecule has 0 radical (unpaired) electrons. The molecule has 0 aliphatic carbocycles. The second-order valence-electron chi connectivity index (χ2n) is 3.41. The minimum atomic E-state index is 0.272. The van der Waals surface area contributed by atoms with Crippen LogP contribution in [0.15, 0.2) is 48.9 Å². The first-order chi connectivity index (χ1) is 7.86. The molecule has 2 aromatic heterocycles. The van der Waals surface area contributed by atoms with E-state index in [9.17, 15) is 5.11 Å². The molecule has 0 atom stereocenters. The Labute approximate surface area is 96.3 Å². The zero-order chi connectivity index (χ0) is 11.0. The summed E-state index contributed by atoms with van der Waals surface area (Å²) in [5.74, 6) is 0.272. The zero-order valence-electron chi connectivity index (χ0n) is 8.37. The Hall–Kier alpha value is -1.94. The van der Waals surface area contributed by atoms with Crippen molar-refractivity contribution < 1.29 is 9.51 Å². The van der Waals surface area contributed by atoms with Crippen molar-refractivity contribution in [2.24, 2.45) is 0 Å². The van der Waals surface area contributed by atoms with E-state index in [0.29, 0.717) is 0 Å². The van der Waals surface area contributed by atoms with E-state index >= 15 is 0 Å². The van der Waals surface area contributed by atoms with Crippen LogP contribution in [0.5, 0.6) is 5.88 Å². The molecular weight excluding hydrogens is 220 g/mol. The van der Waals surface area contributed by atoms with Crippen molar-refractivity contribution in [2.75, 3.05) is 0 Å². The van der Waals surface area contributed by atoms with E-state index in [0.717, 1.165) is 15.3 Å². The predicted molar refractivity (Wildman–Crippen MR) is 62.4 cm³/mol. The molecule has 0 saturated heterocycles. The van der Waals surface area contributed by atoms with E-state index in [2.05, 4.69) is 4.98 Å². The van der Waals surface area contributed by atoms with Gasteiger partial charge in [0.25, 0.3) is 4.83 Å². The number of aromatic hydroxyl groups is 1. The van der Waals surface area contributed by atoms with Crippen LogP contribution in [0.2, 0.25) is 0 Å². The van der Waals surface area contributed by atoms with Gasteiger partial charge in [-0.1, -0.05) is 41.7 Å². The molecule has 2 heterocycles. The highest BCUT2D eigenvalue weighted by Gasteiger charge is 2.20. The van der Waals surface area contributed by atoms with Crippen LogP contribution in [0.25, 0.3) is 15.3 Å². The number of aromatic nitrogens is 2. The monoisotopic (exact) mass is 229 g/mol. The number of fused-ring (bicyclic) bond motifs is 1. The quantitative estimate of drug-likeness (QED) is 0.650. The van der Waals surface area contributed by atoms with Crippen LogP contribution in [-0.2, 0) is 0 Å². The molecule has 0 fully saturated rings. The van der Waals surface area contributed by atoms with Crippen LogP contribution in [0.3, 0.4) is 0 Å². The maximum absolute atomic E-state index is 10.1. The highest BCUT2D eigenvalue weighted by Crippen LogP contribution is 2.33. The minimum absolute atomic E-state index is 0.272. The average Bonchev–Trinajstić information content (AvgIpc) is 2.69. The lowest BCUT2D eigenvalue weighted by Gasteiger charge is -1.92. The fourth-order valence-electron chi connectivity index (χ4n) is 1.64. The summed E-state index contributed by atoms with van der Waals surface area (Å²) >= 11 is 1.53. The van der Waals surface area contributed by atoms with E-state index in [1.165, 1.54) is 11.3 Å². The summed E-state index contributed by atoms with van der Waals surface area (Å²) in [6.07, 6.45) is 5.17. The molecule has 3 aromatic rings. The Balaban J connectivity index is 2.29. The molecule has 3 nitrogen and oxygen atoms in total. The zero-order valence-corrected chi connectivity index (χ0v) is 9.19. The Bertz CT molecular complexity index is 634. The van der Waals surface area contributed by atoms with Gasteiger partial charge >= 0.3 is 5.88 Å². The Kier molecular flexibility index (Phi) is 2.08. The van der Waals surface area contributed by atoms with Gasteiger partial charge in [0, 0.05) is 5.56 Å². The van der Waals surface area contributed by atoms with Crippen LogP contribution in [0.4, 0.5) is 0 Å². The summed E-state index contributed by atoms with van der Waals surface area (Å²) in [7, 11) is 0. The van der Waals surface area contributed by atoms with Gasteiger partial charge in [-0.2, -0.15) is 0 Å². The molecule has 0 saturated carbocycles. The minimum Gasteiger partial charge on any atom is -0.458 e. The molecule has 16 heavy (non-hydrogen) atoms. The summed E-state index contributed by atoms with van der Waals surface area (Å²) in [6, 6.07) is 9.85. The van der Waals surface area contributed by atoms with Crippen molar-refractivity contribution in [2.45, 2.75) is 0 Å². The Morgan fingerprint density at radius 3 is 2.75 bits per heavy atom. The SMILES string of the molecule is Oc1c(-c2ccccc2)sc2cncc[n+]12. The van der Waals surface area contributed by atoms with Gasteiger partial charge in [0.05, 0.1) is 6.20 Å². The third-order valence-corrected chi connectivity index (χ3v) is 3.53. The average molecular weight is 229 g/mol. The maximum Gasteiger partial charge on any atom is 0.390 e. The standard InChI is InChI=1S/C12H8N2OS/c15-12-11(9-4-2-1-3-5-9)16-10-8-13-6-7-14(10)12/h1-8H/p+1. The second-order valence-corrected chi connectivity index (χ2v) is 4.44. The van der Waals surface area contributed by atoms with Gasteiger partial charge in [-0.25, -0.2) is 0 Å². The lowest BCUT2D eigenvalue weighted by molar-refractivity contribution is -0.518. The summed E-state index contributed by atoms with van der Waals surface area (Å²) in [5, 5.41) is 10.1. The van der Waals surface area contributed by atoms with Crippen molar-refractivity contribution in [3.63, 3.8) is 0 Å². The van der Waals surface area contributed by atoms with E-state index in [1.54, 1.807) is 23.0 Å². The fourth-order valence-corrected chi connectivity index (χ4v) is 2.65. The lowest BCUT2D eigenvalue weighted by atomic mass is 10.2. The van der Waals surface area contributed by atoms with E-state index in [-0.39, 0.29) is 5.88 Å². The van der Waals surface area contributed by atoms with Crippen LogP contribution in [0.1, 0.15) is 0 Å². The molecule has 1 N–H and O–H groups in total. The van der Waals surface area contributed by atoms with Crippen molar-refractivity contribution >= 4 is 16.2 Å². The molecule has 4 heteroatoms. The molecular formula is C12H9N2OS+. The molecule has 0 spiro atoms. The van der Waals surface area contributed by atoms with Crippen LogP contribution in [-0.4, -0.2) is 10.1 Å². The van der Waals surface area contributed by atoms with Gasteiger partial charge in [-0.3, -0.25) is 4.98 Å². The summed E-state index contributed by atoms with van der Waals surface area (Å²) < 4.78 is 1.74. The van der Waals surface area contributed by atoms with Crippen molar-refractivity contribution in [1.82, 2.24) is 4.98 Å². The lowest BCUT2D eigenvalue weighted by Crippen LogP contribution is -2.17. The third kappa shape index (κ3) is 1.35. The number of benzene rings is 1. The van der Waals surface area contributed by atoms with Crippen molar-refractivity contribution in [3.05, 3.63) is 48.9 Å². The molecule has 0 unspecified atom stereocenters. The number of hydrogen-bond donors (Lipinski definition) is 1. The summed E-state index contributed by atoms with van der Waals surface area (Å²) in [4.78, 5) is 5.84. The number of thiazole rings is 1. The molecule has 0 aliphatic rings. The molecule has 0 amide bonds. The van der Waals surface area contributed by atoms with Crippen LogP contribution >= 0.6 is 11.3 Å². The molecule has 0 aliphatic heterocycles. The summed E-state index contributed by atoms with van der Waals surface area (Å²) in [5.41, 5.74) is 1.02. The van der Waals surface area contributed by atoms with Gasteiger partial charge in [-0.15, -0.1) is 4.40 Å². The predicted octanol–water partition coefficient (Wildman–Crippen LogP) is 2.25. The molecule has 78 valence electrons. The summed E-state index contributed by atoms with van der Waals surface area (Å²) in [6.45, 7) is 0. The van der Waals surface area contributed by atoms with E-state index in [1.807, 2.05) is 30.3 Å². The van der Waals surface area contributed by atoms with E-state index < -0.39 is 0 Å². The van der Waals surface area contributed by atoms with Crippen molar-refractivity contribution in [1.29, 1.82) is 0 Å². The first-order valence-corrected chi connectivity index (χ1v) is 5.70. The Morgan fingerprint density at radius 2 is 2.00 bits per heavy atom. The Morgan fingerprint density at radius 1 is 1.19 bits per heavy atom. The topological polar surface area (TPSA) is 37.2 Å². The van der Waals surface area contributed by atoms with Crippen molar-refractivity contribution in [3.8, 4) is 16.3 Å². The maximum atomic E-state index is 10.1. The number of hydrogen-bond acceptors (Lipinski definition) is 3. The van der Waals surface area contributed by atoms with Gasteiger partial charge < -0.3 is 5.11 Å². The van der Waals surface area contributed by atoms with Gasteiger partial charge in [0.2, 0.25) is 0 Å². The highest BCUT2D eigenvalue weighted by molar-refractivity contribution is 7.20. The van der Waals surface area contributed by atoms with Gasteiger partial charge in [0.15, 0.2) is 11.1 Å². The van der Waals surface area contributed by atoms with Gasteiger partial charge in [0.1, 0.15) is 6.20 Å². The number of rotatable bonds is 1. The van der Waals surface area contributed by atoms with Gasteiger partial charge in [-0.05, 0) is 0 Å². The number of nitrogens with zero attached hydrogens (tertiary/aromatic N) is 2. The first kappa shape index (κ1) is 9.30. The molecule has 0 bridgehead atoms. The third-order valence-electron chi connectivity index (χ3n) is 2.40. The first-order valence-electron chi connectivity index (χ1n) is 4.89. The largest absolute Gasteiger partial charge is 0.458 e. The second kappa shape index (κ2) is 3.57. The molecule has 1 aromatic carbocycles. The van der Waals surface area contributed by atoms with Crippen LogP contribution < -0.4 is 4.40 Å². The normalized spacial score (nSPS) is 10.8. The highest BCUT2D eigenvalue weighted by atomic mass is 32.1. The van der Waals surface area contributed by atoms with Crippen LogP contribution in [0, 0.1) is 0 Å². The smallest absolute Gasteiger partial charge is 0.390 e. The fraction of sp³-hybridized carbons (Fsp3) is 0. The van der Waals surface area contributed by atoms with E-state index in [4.69, 9.17) is 0 Å².